The molecule has 2 N–H and O–H groups in total. The molecule has 56 heavy (non-hydrogen) atoms. The molecule has 12 nitrogen and oxygen atoms in total. The highest BCUT2D eigenvalue weighted by atomic mass is 35.5. The largest absolute Gasteiger partial charge is 0.605 e. The molecule has 3 aromatic carbocycles. The van der Waals surface area contributed by atoms with E-state index in [2.05, 4.69) is 0 Å². The molecule has 3 unspecified atom stereocenters. The number of esters is 2. The first-order chi connectivity index (χ1) is 26.6. The number of carbonyl (C=O) groups excluding carboxylic acids is 4. The number of benzene rings is 3. The van der Waals surface area contributed by atoms with Crippen LogP contribution >= 0.6 is 34.0 Å². The monoisotopic (exact) mass is 862 g/mol. The smallest absolute Gasteiger partial charge is 0.314 e. The van der Waals surface area contributed by atoms with Crippen LogP contribution in [0.2, 0.25) is 10.0 Å². The lowest BCUT2D eigenvalue weighted by molar-refractivity contribution is -0.189. The van der Waals surface area contributed by atoms with E-state index in [4.69, 9.17) is 42.8 Å². The Kier molecular flexibility index (Phi) is 13.3. The molecule has 298 valence electrons. The van der Waals surface area contributed by atoms with E-state index in [0.29, 0.717) is 35.1 Å². The number of nitrogens with two attached hydrogens (primary N) is 1. The highest BCUT2D eigenvalue weighted by Crippen LogP contribution is 2.44. The second-order valence-corrected chi connectivity index (χ2v) is 20.1. The van der Waals surface area contributed by atoms with Gasteiger partial charge in [-0.25, -0.2) is 8.42 Å². The number of sulfone groups is 1. The Morgan fingerprint density at radius 2 is 1.88 bits per heavy atom. The van der Waals surface area contributed by atoms with Crippen LogP contribution in [0.3, 0.4) is 0 Å². The van der Waals surface area contributed by atoms with Gasteiger partial charge in [0, 0.05) is 59.5 Å². The van der Waals surface area contributed by atoms with E-state index in [9.17, 15) is 32.1 Å². The van der Waals surface area contributed by atoms with Crippen molar-refractivity contribution in [3.8, 4) is 0 Å². The third-order valence-corrected chi connectivity index (χ3v) is 15.4. The van der Waals surface area contributed by atoms with Crippen molar-refractivity contribution in [1.82, 2.24) is 4.90 Å². The number of hydrogen-bond donors (Lipinski definition) is 1. The summed E-state index contributed by atoms with van der Waals surface area (Å²) in [7, 11) is -3.11. The van der Waals surface area contributed by atoms with Crippen molar-refractivity contribution >= 4 is 88.8 Å². The van der Waals surface area contributed by atoms with Crippen molar-refractivity contribution in [2.45, 2.75) is 74.3 Å². The van der Waals surface area contributed by atoms with Crippen LogP contribution in [-0.2, 0) is 51.9 Å². The van der Waals surface area contributed by atoms with E-state index in [0.717, 1.165) is 30.2 Å². The number of fused-ring (bicyclic) bond motifs is 2. The zero-order chi connectivity index (χ0) is 40.3. The number of rotatable bonds is 14. The summed E-state index contributed by atoms with van der Waals surface area (Å²) in [5.41, 5.74) is 7.50. The Hall–Kier alpha value is -3.73. The predicted molar refractivity (Wildman–Crippen MR) is 215 cm³/mol. The van der Waals surface area contributed by atoms with Crippen LogP contribution in [0, 0.1) is 5.92 Å². The van der Waals surface area contributed by atoms with Crippen LogP contribution in [0.25, 0.3) is 11.0 Å². The lowest BCUT2D eigenvalue weighted by atomic mass is 9.80. The van der Waals surface area contributed by atoms with Gasteiger partial charge in [0.15, 0.2) is 9.84 Å². The summed E-state index contributed by atoms with van der Waals surface area (Å²) in [6, 6.07) is 13.1. The van der Waals surface area contributed by atoms with Gasteiger partial charge in [-0.3, -0.25) is 19.2 Å². The lowest BCUT2D eigenvalue weighted by Gasteiger charge is -2.41. The topological polar surface area (TPSA) is 186 Å². The van der Waals surface area contributed by atoms with Gasteiger partial charge in [-0.15, -0.1) is 0 Å². The first-order valence-electron chi connectivity index (χ1n) is 17.9. The summed E-state index contributed by atoms with van der Waals surface area (Å²) < 4.78 is 54.0. The number of furan rings is 1. The predicted octanol–water partition coefficient (Wildman–Crippen LogP) is 7.00. The molecule has 3 heterocycles. The molecule has 0 radical (unpaired) electrons. The third kappa shape index (κ3) is 9.51. The normalized spacial score (nSPS) is 19.3. The number of carbonyl (C=O) groups is 4. The van der Waals surface area contributed by atoms with Gasteiger partial charge in [-0.1, -0.05) is 41.4 Å². The maximum Gasteiger partial charge on any atom is 0.314 e. The molecule has 0 saturated carbocycles. The fourth-order valence-electron chi connectivity index (χ4n) is 7.21. The molecule has 1 saturated heterocycles. The first kappa shape index (κ1) is 41.9. The van der Waals surface area contributed by atoms with E-state index < -0.39 is 62.0 Å². The minimum Gasteiger partial charge on any atom is -0.605 e. The van der Waals surface area contributed by atoms with E-state index in [1.165, 1.54) is 47.1 Å². The standard InChI is InChI=1S/C39H40Cl2N2O10S3/c1-22(52-33(44)9-4-3-7-26-14-17-54-55(26)48)53-39(47)30(19-23-6-5-8-27(18-23)56(2,49)50)36-29-21-31(40)34(37(42)45)35(41)28(29)12-15-43(36)38(46)25-11-10-24-13-16-51-32(24)20-25/h5-6,8,10-11,13,16,18,20-22,26,30,36H,3-4,7,9,12,14-15,17,19H2,1-2H3,(H2,42,45)/t22?,26-,30+,36?,55?/m1/s1. The summed E-state index contributed by atoms with van der Waals surface area (Å²) >= 11 is 13.4. The van der Waals surface area contributed by atoms with Crippen LogP contribution in [0.15, 0.2) is 70.2 Å². The average Bonchev–Trinajstić information content (AvgIpc) is 3.79. The van der Waals surface area contributed by atoms with Crippen molar-refractivity contribution < 1.29 is 46.0 Å². The fraction of sp³-hybridized carbons (Fsp3) is 0.385. The number of unbranched alkanes of at least 4 members (excludes halogenated alkanes) is 1. The number of hydrogen-bond acceptors (Lipinski definition) is 11. The summed E-state index contributed by atoms with van der Waals surface area (Å²) in [6.07, 6.45) is 4.15. The highest BCUT2D eigenvalue weighted by molar-refractivity contribution is 8.72. The Morgan fingerprint density at radius 3 is 2.59 bits per heavy atom. The summed E-state index contributed by atoms with van der Waals surface area (Å²) in [4.78, 5) is 55.8. The molecular formula is C39H40Cl2N2O10S3. The second-order valence-electron chi connectivity index (χ2n) is 13.8. The van der Waals surface area contributed by atoms with Gasteiger partial charge >= 0.3 is 11.9 Å². The van der Waals surface area contributed by atoms with E-state index in [1.807, 2.05) is 0 Å². The quantitative estimate of drug-likeness (QED) is 0.0452. The molecule has 0 bridgehead atoms. The number of nitrogens with zero attached hydrogens (tertiary/aromatic N) is 1. The maximum absolute atomic E-state index is 14.5. The van der Waals surface area contributed by atoms with Crippen molar-refractivity contribution in [1.29, 1.82) is 0 Å². The Bertz CT molecular complexity index is 2270. The summed E-state index contributed by atoms with van der Waals surface area (Å²) in [5, 5.41) is 0.784. The van der Waals surface area contributed by atoms with Crippen molar-refractivity contribution in [3.63, 3.8) is 0 Å². The van der Waals surface area contributed by atoms with Gasteiger partial charge in [0.05, 0.1) is 49.5 Å². The van der Waals surface area contributed by atoms with Crippen molar-refractivity contribution in [2.24, 2.45) is 11.7 Å². The van der Waals surface area contributed by atoms with Gasteiger partial charge < -0.3 is 29.1 Å². The molecule has 0 aliphatic carbocycles. The van der Waals surface area contributed by atoms with E-state index >= 15 is 0 Å². The zero-order valence-corrected chi connectivity index (χ0v) is 34.5. The van der Waals surface area contributed by atoms with Gasteiger partial charge in [0.25, 0.3) is 11.8 Å². The van der Waals surface area contributed by atoms with E-state index in [1.54, 1.807) is 36.4 Å². The number of primary amides is 1. The first-order valence-corrected chi connectivity index (χ1v) is 23.3. The van der Waals surface area contributed by atoms with Crippen molar-refractivity contribution in [3.05, 3.63) is 98.7 Å². The van der Waals surface area contributed by atoms with Crippen LogP contribution < -0.4 is 5.73 Å². The summed E-state index contributed by atoms with van der Waals surface area (Å²) in [6.45, 7) is 1.44. The molecule has 1 fully saturated rings. The van der Waals surface area contributed by atoms with Gasteiger partial charge in [0.1, 0.15) is 10.8 Å². The minimum absolute atomic E-state index is 0.0134. The molecule has 6 rings (SSSR count). The highest BCUT2D eigenvalue weighted by Gasteiger charge is 2.43. The SMILES string of the molecule is CC(OC(=O)CCCC[C@@H]1CCS[S+]1[O-])OC(=O)[C@@H](Cc1cccc(S(C)(=O)=O)c1)C1c2cc(Cl)c(C(N)=O)c(Cl)c2CCN1C(=O)c1ccc2ccoc2c1. The molecule has 2 amide bonds. The van der Waals surface area contributed by atoms with Crippen molar-refractivity contribution in [2.75, 3.05) is 18.6 Å². The average molecular weight is 864 g/mol. The van der Waals surface area contributed by atoms with Crippen LogP contribution in [-0.4, -0.2) is 71.7 Å². The Morgan fingerprint density at radius 1 is 1.09 bits per heavy atom. The number of ether oxygens (including phenoxy) is 2. The molecule has 5 atom stereocenters. The van der Waals surface area contributed by atoms with Crippen LogP contribution in [0.1, 0.15) is 82.5 Å². The zero-order valence-electron chi connectivity index (χ0n) is 30.5. The van der Waals surface area contributed by atoms with Crippen LogP contribution in [0.4, 0.5) is 0 Å². The third-order valence-electron chi connectivity index (χ3n) is 9.94. The number of halogens is 2. The molecule has 1 aromatic heterocycles. The van der Waals surface area contributed by atoms with Crippen LogP contribution in [0.5, 0.6) is 0 Å². The fourth-order valence-corrected chi connectivity index (χ4v) is 12.1. The Labute approximate surface area is 341 Å². The summed E-state index contributed by atoms with van der Waals surface area (Å²) in [5.74, 6) is -3.17. The molecule has 17 heteroatoms. The second kappa shape index (κ2) is 17.8. The van der Waals surface area contributed by atoms with E-state index in [-0.39, 0.29) is 57.1 Å². The number of amides is 2. The Balaban J connectivity index is 1.34. The lowest BCUT2D eigenvalue weighted by Crippen LogP contribution is -2.46. The van der Waals surface area contributed by atoms with Gasteiger partial charge in [-0.05, 0) is 85.2 Å². The molecule has 2 aliphatic heterocycles. The molecule has 0 spiro atoms. The minimum atomic E-state index is -3.64. The molecule has 2 aliphatic rings. The molecule has 4 aromatic rings. The van der Waals surface area contributed by atoms with Gasteiger partial charge in [-0.2, -0.15) is 0 Å². The van der Waals surface area contributed by atoms with Gasteiger partial charge in [0.2, 0.25) is 6.29 Å². The maximum atomic E-state index is 14.5. The molecular weight excluding hydrogens is 824 g/mol.